The van der Waals surface area contributed by atoms with Crippen LogP contribution in [0.25, 0.3) is 10.9 Å². The Labute approximate surface area is 90.6 Å². The second-order valence-corrected chi connectivity index (χ2v) is 3.38. The van der Waals surface area contributed by atoms with Crippen LogP contribution in [0.3, 0.4) is 0 Å². The molecule has 0 fully saturated rings. The third-order valence-electron chi connectivity index (χ3n) is 1.81. The van der Waals surface area contributed by atoms with Crippen LogP contribution in [-0.4, -0.2) is 17.1 Å². The zero-order valence-corrected chi connectivity index (χ0v) is 8.80. The van der Waals surface area contributed by atoms with Gasteiger partial charge in [0.05, 0.1) is 23.0 Å². The first-order chi connectivity index (χ1) is 6.72. The Morgan fingerprint density at radius 3 is 2.71 bits per heavy atom. The first-order valence-corrected chi connectivity index (χ1v) is 4.63. The van der Waals surface area contributed by atoms with Gasteiger partial charge in [0, 0.05) is 0 Å². The van der Waals surface area contributed by atoms with Gasteiger partial charge in [0.15, 0.2) is 0 Å². The van der Waals surface area contributed by atoms with Crippen LogP contribution in [-0.2, 0) is 0 Å². The number of fused-ring (bicyclic) bond motifs is 1. The van der Waals surface area contributed by atoms with Gasteiger partial charge in [-0.25, -0.2) is 4.98 Å². The average Bonchev–Trinajstić information content (AvgIpc) is 2.16. The summed E-state index contributed by atoms with van der Waals surface area (Å²) in [6, 6.07) is 5.36. The highest BCUT2D eigenvalue weighted by molar-refractivity contribution is 6.36. The molecule has 0 unspecified atom stereocenters. The van der Waals surface area contributed by atoms with E-state index in [2.05, 4.69) is 9.97 Å². The minimum absolute atomic E-state index is 0.150. The van der Waals surface area contributed by atoms with Crippen molar-refractivity contribution < 1.29 is 4.74 Å². The maximum atomic E-state index is 5.99. The lowest BCUT2D eigenvalue weighted by Gasteiger charge is -2.05. The van der Waals surface area contributed by atoms with Gasteiger partial charge in [-0.3, -0.25) is 0 Å². The maximum Gasteiger partial charge on any atom is 0.227 e. The summed E-state index contributed by atoms with van der Waals surface area (Å²) in [5.74, 6) is 0.394. The second-order valence-electron chi connectivity index (χ2n) is 2.64. The molecule has 0 aliphatic rings. The molecule has 3 nitrogen and oxygen atoms in total. The first-order valence-electron chi connectivity index (χ1n) is 3.88. The molecule has 72 valence electrons. The van der Waals surface area contributed by atoms with Crippen molar-refractivity contribution in [3.63, 3.8) is 0 Å². The Hall–Kier alpha value is -1.06. The SMILES string of the molecule is COc1nc(Cl)nc2cccc(Cl)c12. The third-order valence-corrected chi connectivity index (χ3v) is 2.29. The molecule has 0 amide bonds. The predicted molar refractivity (Wildman–Crippen MR) is 56.1 cm³/mol. The number of ether oxygens (including phenoxy) is 1. The van der Waals surface area contributed by atoms with E-state index in [1.807, 2.05) is 0 Å². The van der Waals surface area contributed by atoms with Crippen molar-refractivity contribution in [1.29, 1.82) is 0 Å². The normalized spacial score (nSPS) is 10.5. The van der Waals surface area contributed by atoms with E-state index in [0.717, 1.165) is 0 Å². The van der Waals surface area contributed by atoms with Gasteiger partial charge in [-0.2, -0.15) is 4.98 Å². The summed E-state index contributed by atoms with van der Waals surface area (Å²) in [4.78, 5) is 7.96. The molecule has 1 aromatic carbocycles. The van der Waals surface area contributed by atoms with Crippen LogP contribution in [0.5, 0.6) is 5.88 Å². The lowest BCUT2D eigenvalue weighted by molar-refractivity contribution is 0.403. The fraction of sp³-hybridized carbons (Fsp3) is 0.111. The lowest BCUT2D eigenvalue weighted by atomic mass is 10.2. The van der Waals surface area contributed by atoms with Crippen molar-refractivity contribution in [2.45, 2.75) is 0 Å². The number of aromatic nitrogens is 2. The minimum Gasteiger partial charge on any atom is -0.480 e. The molecular weight excluding hydrogens is 223 g/mol. The Bertz CT molecular complexity index is 487. The minimum atomic E-state index is 0.150. The summed E-state index contributed by atoms with van der Waals surface area (Å²) >= 11 is 11.7. The van der Waals surface area contributed by atoms with Crippen LogP contribution in [0.4, 0.5) is 0 Å². The van der Waals surface area contributed by atoms with E-state index < -0.39 is 0 Å². The third kappa shape index (κ3) is 1.49. The van der Waals surface area contributed by atoms with Crippen LogP contribution < -0.4 is 4.74 Å². The van der Waals surface area contributed by atoms with Crippen molar-refractivity contribution >= 4 is 34.1 Å². The molecule has 0 atom stereocenters. The first kappa shape index (κ1) is 9.49. The molecule has 0 bridgehead atoms. The standard InChI is InChI=1S/C9H6Cl2N2O/c1-14-8-7-5(10)3-2-4-6(7)12-9(11)13-8/h2-4H,1H3. The highest BCUT2D eigenvalue weighted by Gasteiger charge is 2.09. The predicted octanol–water partition coefficient (Wildman–Crippen LogP) is 2.95. The van der Waals surface area contributed by atoms with Gasteiger partial charge in [-0.15, -0.1) is 0 Å². The summed E-state index contributed by atoms with van der Waals surface area (Å²) in [7, 11) is 1.52. The van der Waals surface area contributed by atoms with Gasteiger partial charge in [-0.05, 0) is 23.7 Å². The van der Waals surface area contributed by atoms with E-state index in [1.165, 1.54) is 7.11 Å². The molecule has 2 aromatic rings. The largest absolute Gasteiger partial charge is 0.480 e. The molecule has 14 heavy (non-hydrogen) atoms. The van der Waals surface area contributed by atoms with Gasteiger partial charge < -0.3 is 4.74 Å². The highest BCUT2D eigenvalue weighted by atomic mass is 35.5. The fourth-order valence-corrected chi connectivity index (χ4v) is 1.65. The van der Waals surface area contributed by atoms with E-state index in [9.17, 15) is 0 Å². The molecule has 1 aromatic heterocycles. The molecule has 0 saturated heterocycles. The summed E-state index contributed by atoms with van der Waals surface area (Å²) in [6.45, 7) is 0. The summed E-state index contributed by atoms with van der Waals surface area (Å²) in [5, 5.41) is 1.38. The van der Waals surface area contributed by atoms with Gasteiger partial charge in [0.25, 0.3) is 0 Å². The molecule has 0 spiro atoms. The van der Waals surface area contributed by atoms with Crippen LogP contribution >= 0.6 is 23.2 Å². The fourth-order valence-electron chi connectivity index (χ4n) is 1.23. The quantitative estimate of drug-likeness (QED) is 0.705. The molecule has 0 N–H and O–H groups in total. The van der Waals surface area contributed by atoms with E-state index in [4.69, 9.17) is 27.9 Å². The molecule has 2 rings (SSSR count). The summed E-state index contributed by atoms with van der Waals surface area (Å²) in [5.41, 5.74) is 0.675. The van der Waals surface area contributed by atoms with Crippen molar-refractivity contribution in [1.82, 2.24) is 9.97 Å². The van der Waals surface area contributed by atoms with Crippen LogP contribution in [0, 0.1) is 0 Å². The van der Waals surface area contributed by atoms with E-state index in [1.54, 1.807) is 18.2 Å². The van der Waals surface area contributed by atoms with Gasteiger partial charge in [-0.1, -0.05) is 17.7 Å². The summed E-state index contributed by atoms with van der Waals surface area (Å²) < 4.78 is 5.07. The molecule has 0 saturated carbocycles. The molecular formula is C9H6Cl2N2O. The van der Waals surface area contributed by atoms with Crippen molar-refractivity contribution in [2.24, 2.45) is 0 Å². The van der Waals surface area contributed by atoms with E-state index >= 15 is 0 Å². The number of rotatable bonds is 1. The number of methoxy groups -OCH3 is 1. The topological polar surface area (TPSA) is 35.0 Å². The molecule has 5 heteroatoms. The summed E-state index contributed by atoms with van der Waals surface area (Å²) in [6.07, 6.45) is 0. The monoisotopic (exact) mass is 228 g/mol. The zero-order valence-electron chi connectivity index (χ0n) is 7.29. The van der Waals surface area contributed by atoms with Gasteiger partial charge in [0.2, 0.25) is 11.2 Å². The van der Waals surface area contributed by atoms with Gasteiger partial charge >= 0.3 is 0 Å². The van der Waals surface area contributed by atoms with Crippen molar-refractivity contribution in [3.8, 4) is 5.88 Å². The lowest BCUT2D eigenvalue weighted by Crippen LogP contribution is -1.93. The Morgan fingerprint density at radius 1 is 1.21 bits per heavy atom. The highest BCUT2D eigenvalue weighted by Crippen LogP contribution is 2.30. The number of benzene rings is 1. The van der Waals surface area contributed by atoms with Gasteiger partial charge in [0.1, 0.15) is 0 Å². The number of halogens is 2. The second kappa shape index (κ2) is 3.59. The van der Waals surface area contributed by atoms with Crippen LogP contribution in [0.15, 0.2) is 18.2 Å². The average molecular weight is 229 g/mol. The van der Waals surface area contributed by atoms with Crippen molar-refractivity contribution in [3.05, 3.63) is 28.5 Å². The Kier molecular flexibility index (Phi) is 2.44. The van der Waals surface area contributed by atoms with E-state index in [-0.39, 0.29) is 5.28 Å². The van der Waals surface area contributed by atoms with E-state index in [0.29, 0.717) is 21.8 Å². The Morgan fingerprint density at radius 2 is 2.00 bits per heavy atom. The maximum absolute atomic E-state index is 5.99. The Balaban J connectivity index is 2.88. The molecule has 0 aliphatic carbocycles. The molecule has 0 aliphatic heterocycles. The number of hydrogen-bond donors (Lipinski definition) is 0. The van der Waals surface area contributed by atoms with Crippen LogP contribution in [0.2, 0.25) is 10.3 Å². The molecule has 1 heterocycles. The number of hydrogen-bond acceptors (Lipinski definition) is 3. The molecule has 0 radical (unpaired) electrons. The van der Waals surface area contributed by atoms with Crippen LogP contribution in [0.1, 0.15) is 0 Å². The van der Waals surface area contributed by atoms with Crippen molar-refractivity contribution in [2.75, 3.05) is 7.11 Å². The number of nitrogens with zero attached hydrogens (tertiary/aromatic N) is 2. The zero-order chi connectivity index (χ0) is 10.1. The smallest absolute Gasteiger partial charge is 0.227 e.